The minimum Gasteiger partial charge on any atom is -0.493 e. The standard InChI is InChI=1S/C28H33N5O5S/c1-4-16-9-12-19(13-10-16)33(28(36)25-22(29)23(26(30)34)32-39-25)24(27(35)31-18-7-5-6-8-18)17-11-14-20(37-2)21(15-17)38-3/h9-15,18,24H,4-8,29H2,1-3H3,(H2,30,34)(H,31,35). The summed E-state index contributed by atoms with van der Waals surface area (Å²) in [6, 6.07) is 11.4. The number of nitrogens with two attached hydrogens (primary N) is 2. The number of benzene rings is 2. The van der Waals surface area contributed by atoms with Crippen molar-refractivity contribution in [2.24, 2.45) is 5.73 Å². The van der Waals surface area contributed by atoms with Crippen LogP contribution in [0.2, 0.25) is 0 Å². The molecule has 1 atom stereocenters. The molecule has 2 aromatic carbocycles. The molecule has 0 spiro atoms. The summed E-state index contributed by atoms with van der Waals surface area (Å²) in [6.45, 7) is 2.03. The number of nitrogen functional groups attached to an aromatic ring is 1. The van der Waals surface area contributed by atoms with Gasteiger partial charge in [0, 0.05) is 11.7 Å². The first-order valence-corrected chi connectivity index (χ1v) is 13.6. The van der Waals surface area contributed by atoms with E-state index >= 15 is 0 Å². The van der Waals surface area contributed by atoms with E-state index in [9.17, 15) is 14.4 Å². The molecule has 1 fully saturated rings. The van der Waals surface area contributed by atoms with Crippen molar-refractivity contribution in [1.82, 2.24) is 9.69 Å². The fourth-order valence-electron chi connectivity index (χ4n) is 4.81. The monoisotopic (exact) mass is 551 g/mol. The van der Waals surface area contributed by atoms with E-state index in [1.165, 1.54) is 19.1 Å². The molecule has 1 aliphatic rings. The third-order valence-electron chi connectivity index (χ3n) is 6.93. The van der Waals surface area contributed by atoms with Crippen molar-refractivity contribution in [2.45, 2.75) is 51.1 Å². The maximum absolute atomic E-state index is 14.2. The largest absolute Gasteiger partial charge is 0.493 e. The lowest BCUT2D eigenvalue weighted by molar-refractivity contribution is -0.123. The van der Waals surface area contributed by atoms with Crippen molar-refractivity contribution >= 4 is 40.6 Å². The van der Waals surface area contributed by atoms with Crippen molar-refractivity contribution in [1.29, 1.82) is 0 Å². The Kier molecular flexibility index (Phi) is 8.70. The fourth-order valence-corrected chi connectivity index (χ4v) is 5.55. The van der Waals surface area contributed by atoms with E-state index in [-0.39, 0.29) is 28.2 Å². The number of rotatable bonds is 10. The van der Waals surface area contributed by atoms with Gasteiger partial charge in [-0.3, -0.25) is 19.3 Å². The van der Waals surface area contributed by atoms with Crippen molar-refractivity contribution in [3.8, 4) is 11.5 Å². The topological polar surface area (TPSA) is 150 Å². The van der Waals surface area contributed by atoms with Gasteiger partial charge in [-0.1, -0.05) is 38.0 Å². The Balaban J connectivity index is 1.89. The Morgan fingerprint density at radius 2 is 1.74 bits per heavy atom. The molecule has 1 unspecified atom stereocenters. The van der Waals surface area contributed by atoms with Crippen molar-refractivity contribution in [2.75, 3.05) is 24.9 Å². The van der Waals surface area contributed by atoms with Crippen LogP contribution in [0.5, 0.6) is 11.5 Å². The van der Waals surface area contributed by atoms with Gasteiger partial charge in [-0.2, -0.15) is 4.37 Å². The second-order valence-corrected chi connectivity index (χ2v) is 10.1. The van der Waals surface area contributed by atoms with E-state index in [4.69, 9.17) is 20.9 Å². The number of anilines is 2. The zero-order chi connectivity index (χ0) is 28.1. The first kappa shape index (κ1) is 27.9. The summed E-state index contributed by atoms with van der Waals surface area (Å²) in [5.41, 5.74) is 13.3. The molecule has 0 aliphatic heterocycles. The highest BCUT2D eigenvalue weighted by Crippen LogP contribution is 2.37. The van der Waals surface area contributed by atoms with Crippen molar-refractivity contribution < 1.29 is 23.9 Å². The number of aromatic nitrogens is 1. The van der Waals surface area contributed by atoms with Crippen LogP contribution in [0.4, 0.5) is 11.4 Å². The lowest BCUT2D eigenvalue weighted by Crippen LogP contribution is -2.46. The van der Waals surface area contributed by atoms with Crippen LogP contribution in [0.25, 0.3) is 0 Å². The van der Waals surface area contributed by atoms with Gasteiger partial charge in [0.05, 0.1) is 19.9 Å². The molecule has 4 rings (SSSR count). The number of hydrogen-bond acceptors (Lipinski definition) is 8. The molecule has 206 valence electrons. The van der Waals surface area contributed by atoms with Crippen LogP contribution in [0.15, 0.2) is 42.5 Å². The Hall–Kier alpha value is -4.12. The summed E-state index contributed by atoms with van der Waals surface area (Å²) >= 11 is 0.771. The van der Waals surface area contributed by atoms with Gasteiger partial charge in [0.2, 0.25) is 5.91 Å². The highest BCUT2D eigenvalue weighted by molar-refractivity contribution is 7.09. The molecule has 11 heteroatoms. The normalized spacial score (nSPS) is 14.0. The number of carbonyl (C=O) groups is 3. The average molecular weight is 552 g/mol. The Labute approximate surface area is 231 Å². The summed E-state index contributed by atoms with van der Waals surface area (Å²) < 4.78 is 14.9. The lowest BCUT2D eigenvalue weighted by atomic mass is 10.0. The Morgan fingerprint density at radius 1 is 1.08 bits per heavy atom. The van der Waals surface area contributed by atoms with Crippen LogP contribution < -0.4 is 31.2 Å². The van der Waals surface area contributed by atoms with Gasteiger partial charge >= 0.3 is 0 Å². The average Bonchev–Trinajstić information content (AvgIpc) is 3.60. The van der Waals surface area contributed by atoms with Crippen molar-refractivity contribution in [3.05, 3.63) is 64.2 Å². The first-order chi connectivity index (χ1) is 18.8. The molecule has 39 heavy (non-hydrogen) atoms. The van der Waals surface area contributed by atoms with Crippen LogP contribution in [-0.4, -0.2) is 42.4 Å². The zero-order valence-electron chi connectivity index (χ0n) is 22.2. The predicted octanol–water partition coefficient (Wildman–Crippen LogP) is 3.85. The predicted molar refractivity (Wildman–Crippen MR) is 150 cm³/mol. The minimum absolute atomic E-state index is 0.00880. The summed E-state index contributed by atoms with van der Waals surface area (Å²) in [6.07, 6.45) is 4.60. The molecule has 1 aliphatic carbocycles. The number of amides is 3. The molecule has 5 N–H and O–H groups in total. The number of nitrogens with zero attached hydrogens (tertiary/aromatic N) is 2. The molecule has 1 heterocycles. The third-order valence-corrected chi connectivity index (χ3v) is 7.78. The summed E-state index contributed by atoms with van der Waals surface area (Å²) in [4.78, 5) is 41.5. The van der Waals surface area contributed by atoms with Gasteiger partial charge in [-0.15, -0.1) is 0 Å². The molecule has 0 saturated heterocycles. The van der Waals surface area contributed by atoms with Gasteiger partial charge in [-0.25, -0.2) is 0 Å². The van der Waals surface area contributed by atoms with E-state index in [1.54, 1.807) is 30.3 Å². The maximum atomic E-state index is 14.2. The summed E-state index contributed by atoms with van der Waals surface area (Å²) in [5.74, 6) is -0.865. The maximum Gasteiger partial charge on any atom is 0.273 e. The van der Waals surface area contributed by atoms with E-state index < -0.39 is 17.9 Å². The zero-order valence-corrected chi connectivity index (χ0v) is 23.0. The van der Waals surface area contributed by atoms with Crippen LogP contribution in [0.1, 0.15) is 69.9 Å². The molecule has 0 bridgehead atoms. The molecule has 3 aromatic rings. The van der Waals surface area contributed by atoms with Gasteiger partial charge < -0.3 is 26.3 Å². The van der Waals surface area contributed by atoms with E-state index in [2.05, 4.69) is 9.69 Å². The first-order valence-electron chi connectivity index (χ1n) is 12.8. The smallest absolute Gasteiger partial charge is 0.273 e. The Morgan fingerprint density at radius 3 is 2.31 bits per heavy atom. The van der Waals surface area contributed by atoms with Crippen LogP contribution in [0.3, 0.4) is 0 Å². The van der Waals surface area contributed by atoms with Gasteiger partial charge in [0.15, 0.2) is 17.2 Å². The SMILES string of the molecule is CCc1ccc(N(C(=O)c2snc(C(N)=O)c2N)C(C(=O)NC2CCCC2)c2ccc(OC)c(OC)c2)cc1. The number of primary amides is 1. The fraction of sp³-hybridized carbons (Fsp3) is 0.357. The number of carbonyl (C=O) groups excluding carboxylic acids is 3. The number of methoxy groups -OCH3 is 2. The third kappa shape index (κ3) is 5.83. The molecule has 0 radical (unpaired) electrons. The minimum atomic E-state index is -1.09. The quantitative estimate of drug-likeness (QED) is 0.346. The lowest BCUT2D eigenvalue weighted by Gasteiger charge is -2.32. The number of nitrogens with one attached hydrogen (secondary N) is 1. The molecular formula is C28H33N5O5S. The molecule has 10 nitrogen and oxygen atoms in total. The van der Waals surface area contributed by atoms with E-state index in [0.29, 0.717) is 22.7 Å². The highest BCUT2D eigenvalue weighted by Gasteiger charge is 2.37. The van der Waals surface area contributed by atoms with Crippen LogP contribution in [0, 0.1) is 0 Å². The van der Waals surface area contributed by atoms with Crippen molar-refractivity contribution in [3.63, 3.8) is 0 Å². The van der Waals surface area contributed by atoms with Gasteiger partial charge in [0.25, 0.3) is 11.8 Å². The molecular weight excluding hydrogens is 518 g/mol. The highest BCUT2D eigenvalue weighted by atomic mass is 32.1. The molecule has 1 saturated carbocycles. The summed E-state index contributed by atoms with van der Waals surface area (Å²) in [7, 11) is 3.03. The van der Waals surface area contributed by atoms with Gasteiger partial charge in [0.1, 0.15) is 10.9 Å². The molecule has 3 amide bonds. The second-order valence-electron chi connectivity index (χ2n) is 9.34. The number of ether oxygens (including phenoxy) is 2. The Bertz CT molecular complexity index is 1350. The second kappa shape index (κ2) is 12.2. The molecule has 1 aromatic heterocycles. The summed E-state index contributed by atoms with van der Waals surface area (Å²) in [5, 5.41) is 3.14. The van der Waals surface area contributed by atoms with Gasteiger partial charge in [-0.05, 0) is 66.2 Å². The van der Waals surface area contributed by atoms with Crippen LogP contribution >= 0.6 is 11.5 Å². The number of hydrogen-bond donors (Lipinski definition) is 3. The van der Waals surface area contributed by atoms with E-state index in [0.717, 1.165) is 49.2 Å². The van der Waals surface area contributed by atoms with E-state index in [1.807, 2.05) is 19.1 Å². The number of aryl methyl sites for hydroxylation is 1. The van der Waals surface area contributed by atoms with Crippen LogP contribution in [-0.2, 0) is 11.2 Å².